The molecule has 0 saturated carbocycles. The van der Waals surface area contributed by atoms with Crippen LogP contribution in [0.25, 0.3) is 0 Å². The molecule has 158 valence electrons. The van der Waals surface area contributed by atoms with Gasteiger partial charge in [-0.3, -0.25) is 0 Å². The van der Waals surface area contributed by atoms with E-state index in [1.807, 2.05) is 37.3 Å². The van der Waals surface area contributed by atoms with Gasteiger partial charge in [0.1, 0.15) is 11.8 Å². The van der Waals surface area contributed by atoms with Crippen molar-refractivity contribution in [2.45, 2.75) is 25.6 Å². The molecule has 0 radical (unpaired) electrons. The molecule has 1 aliphatic rings. The van der Waals surface area contributed by atoms with Crippen molar-refractivity contribution in [2.75, 3.05) is 13.7 Å². The number of carbonyl (C=O) groups excluding carboxylic acids is 1. The summed E-state index contributed by atoms with van der Waals surface area (Å²) in [5.74, 6) is 1.09. The van der Waals surface area contributed by atoms with E-state index in [4.69, 9.17) is 37.7 Å². The number of hydrogen-bond donors (Lipinski definition) is 1. The average Bonchev–Trinajstić information content (AvgIpc) is 2.74. The minimum absolute atomic E-state index is 0.272. The number of rotatable bonds is 6. The molecular formula is C22H22Cl2N2O3S. The Kier molecular flexibility index (Phi) is 7.69. The van der Waals surface area contributed by atoms with Crippen molar-refractivity contribution < 1.29 is 14.3 Å². The third-order valence-electron chi connectivity index (χ3n) is 4.52. The van der Waals surface area contributed by atoms with Gasteiger partial charge >= 0.3 is 5.97 Å². The number of nitrogens with one attached hydrogen (secondary N) is 1. The molecule has 3 rings (SSSR count). The zero-order valence-corrected chi connectivity index (χ0v) is 19.2. The first-order valence-corrected chi connectivity index (χ1v) is 11.1. The largest absolute Gasteiger partial charge is 0.497 e. The van der Waals surface area contributed by atoms with Crippen molar-refractivity contribution in [1.82, 2.24) is 5.32 Å². The molecule has 0 fully saturated rings. The smallest absolute Gasteiger partial charge is 0.338 e. The first-order chi connectivity index (χ1) is 14.4. The molecule has 0 aliphatic carbocycles. The molecule has 1 heterocycles. The van der Waals surface area contributed by atoms with Crippen LogP contribution in [0.15, 0.2) is 58.7 Å². The van der Waals surface area contributed by atoms with E-state index in [1.165, 1.54) is 11.8 Å². The highest BCUT2D eigenvalue weighted by Gasteiger charge is 2.32. The number of hydrogen-bond acceptors (Lipinski definition) is 6. The highest BCUT2D eigenvalue weighted by atomic mass is 35.5. The number of benzene rings is 2. The summed E-state index contributed by atoms with van der Waals surface area (Å²) in [4.78, 5) is 17.4. The lowest BCUT2D eigenvalue weighted by atomic mass is 9.96. The van der Waals surface area contributed by atoms with E-state index in [1.54, 1.807) is 26.2 Å². The molecule has 8 heteroatoms. The second kappa shape index (κ2) is 10.2. The fraction of sp³-hybridized carbons (Fsp3) is 0.273. The number of methoxy groups -OCH3 is 1. The van der Waals surface area contributed by atoms with Gasteiger partial charge in [-0.2, -0.15) is 0 Å². The topological polar surface area (TPSA) is 59.9 Å². The Hall–Kier alpha value is -2.15. The summed E-state index contributed by atoms with van der Waals surface area (Å²) in [6.45, 7) is 3.87. The van der Waals surface area contributed by atoms with E-state index in [2.05, 4.69) is 5.32 Å². The molecule has 5 nitrogen and oxygen atoms in total. The van der Waals surface area contributed by atoms with Crippen molar-refractivity contribution >= 4 is 46.1 Å². The van der Waals surface area contributed by atoms with Gasteiger partial charge in [0, 0.05) is 17.0 Å². The van der Waals surface area contributed by atoms with Gasteiger partial charge in [0.05, 0.1) is 29.3 Å². The van der Waals surface area contributed by atoms with Crippen LogP contribution in [0.2, 0.25) is 10.0 Å². The van der Waals surface area contributed by atoms with Crippen LogP contribution in [0.3, 0.4) is 0 Å². The van der Waals surface area contributed by atoms with Crippen LogP contribution in [0.5, 0.6) is 5.75 Å². The van der Waals surface area contributed by atoms with Crippen LogP contribution in [0, 0.1) is 0 Å². The quantitative estimate of drug-likeness (QED) is 0.549. The van der Waals surface area contributed by atoms with Crippen molar-refractivity contribution in [2.24, 2.45) is 4.99 Å². The van der Waals surface area contributed by atoms with Crippen molar-refractivity contribution in [3.8, 4) is 5.75 Å². The zero-order valence-electron chi connectivity index (χ0n) is 16.9. The number of esters is 1. The third kappa shape index (κ3) is 5.12. The lowest BCUT2D eigenvalue weighted by Crippen LogP contribution is -2.30. The van der Waals surface area contributed by atoms with Crippen LogP contribution in [-0.2, 0) is 15.3 Å². The van der Waals surface area contributed by atoms with Crippen molar-refractivity contribution in [3.63, 3.8) is 0 Å². The van der Waals surface area contributed by atoms with Crippen molar-refractivity contribution in [3.05, 3.63) is 74.9 Å². The van der Waals surface area contributed by atoms with Crippen molar-refractivity contribution in [1.29, 1.82) is 0 Å². The number of allylic oxidation sites excluding steroid dienone is 1. The molecule has 0 spiro atoms. The van der Waals surface area contributed by atoms with E-state index in [-0.39, 0.29) is 6.61 Å². The van der Waals surface area contributed by atoms with Gasteiger partial charge < -0.3 is 14.8 Å². The molecule has 1 atom stereocenters. The lowest BCUT2D eigenvalue weighted by molar-refractivity contribution is -0.138. The molecule has 0 unspecified atom stereocenters. The summed E-state index contributed by atoms with van der Waals surface area (Å²) in [5, 5.41) is 4.71. The molecule has 0 amide bonds. The summed E-state index contributed by atoms with van der Waals surface area (Å²) in [7, 11) is 1.64. The van der Waals surface area contributed by atoms with Crippen LogP contribution >= 0.6 is 35.0 Å². The first kappa shape index (κ1) is 22.5. The van der Waals surface area contributed by atoms with Gasteiger partial charge in [0.2, 0.25) is 0 Å². The average molecular weight is 465 g/mol. The van der Waals surface area contributed by atoms with Gasteiger partial charge in [-0.05, 0) is 37.6 Å². The van der Waals surface area contributed by atoms with E-state index in [9.17, 15) is 4.79 Å². The lowest BCUT2D eigenvalue weighted by Gasteiger charge is -2.26. The molecule has 0 saturated heterocycles. The van der Waals surface area contributed by atoms with Gasteiger partial charge in [-0.15, -0.1) is 0 Å². The van der Waals surface area contributed by atoms with E-state index in [0.29, 0.717) is 37.8 Å². The predicted molar refractivity (Wildman–Crippen MR) is 123 cm³/mol. The second-order valence-electron chi connectivity index (χ2n) is 6.50. The third-order valence-corrected chi connectivity index (χ3v) is 6.32. The molecule has 2 aromatic carbocycles. The molecule has 0 aromatic heterocycles. The summed E-state index contributed by atoms with van der Waals surface area (Å²) in [6.07, 6.45) is 0. The highest BCUT2D eigenvalue weighted by molar-refractivity contribution is 8.13. The van der Waals surface area contributed by atoms with E-state index < -0.39 is 12.0 Å². The number of ether oxygens (including phenoxy) is 2. The Morgan fingerprint density at radius 1 is 1.20 bits per heavy atom. The van der Waals surface area contributed by atoms with Crippen LogP contribution in [0.1, 0.15) is 31.0 Å². The van der Waals surface area contributed by atoms with Gasteiger partial charge in [-0.25, -0.2) is 9.79 Å². The Morgan fingerprint density at radius 3 is 2.60 bits per heavy atom. The minimum atomic E-state index is -0.602. The number of thioether (sulfide) groups is 1. The fourth-order valence-corrected chi connectivity index (χ4v) is 4.34. The summed E-state index contributed by atoms with van der Waals surface area (Å²) >= 11 is 14.2. The van der Waals surface area contributed by atoms with Crippen LogP contribution in [-0.4, -0.2) is 24.9 Å². The highest BCUT2D eigenvalue weighted by Crippen LogP contribution is 2.39. The molecule has 30 heavy (non-hydrogen) atoms. The fourth-order valence-electron chi connectivity index (χ4n) is 3.02. The molecule has 0 bridgehead atoms. The minimum Gasteiger partial charge on any atom is -0.497 e. The number of aliphatic imine (C=N–C) groups is 1. The molecule has 2 aromatic rings. The standard InChI is InChI=1S/C22H22Cl2N2O3S/c1-4-29-21(27)18-13(2)25-22(30-12-14-8-10-15(28-3)11-9-14)26-20(18)16-6-5-7-17(23)19(16)24/h5-11,20H,4,12H2,1-3H3,(H,25,26)/t20-/m0/s1. The Labute approximate surface area is 190 Å². The number of halogens is 2. The van der Waals surface area contributed by atoms with Gasteiger partial charge in [-0.1, -0.05) is 59.2 Å². The first-order valence-electron chi connectivity index (χ1n) is 9.37. The molecule has 1 N–H and O–H groups in total. The molecule has 1 aliphatic heterocycles. The summed E-state index contributed by atoms with van der Waals surface area (Å²) in [5.41, 5.74) is 2.90. The Bertz CT molecular complexity index is 990. The maximum Gasteiger partial charge on any atom is 0.338 e. The maximum absolute atomic E-state index is 12.7. The second-order valence-corrected chi connectivity index (χ2v) is 8.25. The van der Waals surface area contributed by atoms with Gasteiger partial charge in [0.15, 0.2) is 5.17 Å². The number of nitrogens with zero attached hydrogens (tertiary/aromatic N) is 1. The zero-order chi connectivity index (χ0) is 21.7. The molecular weight excluding hydrogens is 443 g/mol. The van der Waals surface area contributed by atoms with E-state index in [0.717, 1.165) is 11.3 Å². The monoisotopic (exact) mass is 464 g/mol. The Morgan fingerprint density at radius 2 is 1.93 bits per heavy atom. The number of carbonyl (C=O) groups is 1. The predicted octanol–water partition coefficient (Wildman–Crippen LogP) is 5.77. The van der Waals surface area contributed by atoms with E-state index >= 15 is 0 Å². The van der Waals surface area contributed by atoms with Crippen LogP contribution < -0.4 is 10.1 Å². The van der Waals surface area contributed by atoms with Crippen LogP contribution in [0.4, 0.5) is 0 Å². The summed E-state index contributed by atoms with van der Waals surface area (Å²) < 4.78 is 10.5. The maximum atomic E-state index is 12.7. The Balaban J connectivity index is 1.90. The summed E-state index contributed by atoms with van der Waals surface area (Å²) in [6, 6.07) is 12.6. The normalized spacial score (nSPS) is 16.0. The number of amidine groups is 1. The van der Waals surface area contributed by atoms with Gasteiger partial charge in [0.25, 0.3) is 0 Å². The SMILES string of the molecule is CCOC(=O)C1=C(C)NC(SCc2ccc(OC)cc2)=N[C@H]1c1cccc(Cl)c1Cl.